The molecule has 0 unspecified atom stereocenters. The number of carbonyl (C=O) groups excluding carboxylic acids is 1. The molecular weight excluding hydrogens is 142 g/mol. The molecule has 0 atom stereocenters. The monoisotopic (exact) mass is 153 g/mol. The van der Waals surface area contributed by atoms with E-state index in [1.165, 1.54) is 6.92 Å². The van der Waals surface area contributed by atoms with Crippen molar-refractivity contribution in [1.82, 2.24) is 0 Å². The van der Waals surface area contributed by atoms with Gasteiger partial charge in [-0.3, -0.25) is 9.79 Å². The minimum absolute atomic E-state index is 0.270. The fourth-order valence-corrected chi connectivity index (χ4v) is 0.905. The van der Waals surface area contributed by atoms with E-state index in [-0.39, 0.29) is 5.97 Å². The number of aliphatic imine (C=N–C) groups is 1. The van der Waals surface area contributed by atoms with Gasteiger partial charge in [-0.15, -0.1) is 0 Å². The topological polar surface area (TPSA) is 38.7 Å². The Morgan fingerprint density at radius 3 is 3.27 bits per heavy atom. The fraction of sp³-hybridized carbons (Fsp3) is 0.500. The number of allylic oxidation sites excluding steroid dienone is 1. The van der Waals surface area contributed by atoms with Crippen LogP contribution in [-0.2, 0) is 9.53 Å². The summed E-state index contributed by atoms with van der Waals surface area (Å²) in [5.41, 5.74) is 0. The maximum absolute atomic E-state index is 10.5. The first-order valence-electron chi connectivity index (χ1n) is 3.68. The van der Waals surface area contributed by atoms with E-state index in [0.717, 1.165) is 19.3 Å². The van der Waals surface area contributed by atoms with Gasteiger partial charge in [-0.1, -0.05) is 0 Å². The fourth-order valence-electron chi connectivity index (χ4n) is 0.905. The maximum Gasteiger partial charge on any atom is 0.307 e. The zero-order chi connectivity index (χ0) is 8.10. The molecule has 0 N–H and O–H groups in total. The Morgan fingerprint density at radius 1 is 1.73 bits per heavy atom. The summed E-state index contributed by atoms with van der Waals surface area (Å²) in [6, 6.07) is 0. The smallest absolute Gasteiger partial charge is 0.307 e. The van der Waals surface area contributed by atoms with Crippen LogP contribution in [0.3, 0.4) is 0 Å². The van der Waals surface area contributed by atoms with Gasteiger partial charge in [0.2, 0.25) is 0 Å². The van der Waals surface area contributed by atoms with Gasteiger partial charge in [0.15, 0.2) is 0 Å². The molecule has 0 radical (unpaired) electrons. The summed E-state index contributed by atoms with van der Waals surface area (Å²) in [6.45, 7) is 1.40. The molecule has 3 nitrogen and oxygen atoms in total. The van der Waals surface area contributed by atoms with Crippen molar-refractivity contribution in [3.63, 3.8) is 0 Å². The number of carbonyl (C=O) groups is 1. The predicted molar refractivity (Wildman–Crippen MR) is 42.2 cm³/mol. The average Bonchev–Trinajstić information content (AvgIpc) is 2.14. The Balaban J connectivity index is 2.49. The van der Waals surface area contributed by atoms with Crippen molar-refractivity contribution in [3.05, 3.63) is 12.0 Å². The van der Waals surface area contributed by atoms with Crippen LogP contribution in [0, 0.1) is 0 Å². The van der Waals surface area contributed by atoms with Gasteiger partial charge in [0.1, 0.15) is 5.76 Å². The lowest BCUT2D eigenvalue weighted by atomic mass is 10.2. The van der Waals surface area contributed by atoms with Crippen LogP contribution in [0.15, 0.2) is 17.0 Å². The lowest BCUT2D eigenvalue weighted by molar-refractivity contribution is -0.137. The summed E-state index contributed by atoms with van der Waals surface area (Å²) in [5, 5.41) is 0. The van der Waals surface area contributed by atoms with E-state index in [1.807, 2.05) is 6.21 Å². The normalized spacial score (nSPS) is 17.0. The number of esters is 1. The third-order valence-corrected chi connectivity index (χ3v) is 1.36. The van der Waals surface area contributed by atoms with E-state index in [0.29, 0.717) is 5.76 Å². The second-order valence-electron chi connectivity index (χ2n) is 2.41. The van der Waals surface area contributed by atoms with E-state index < -0.39 is 0 Å². The average molecular weight is 153 g/mol. The van der Waals surface area contributed by atoms with Crippen molar-refractivity contribution >= 4 is 12.2 Å². The first kappa shape index (κ1) is 7.98. The number of rotatable bonds is 1. The van der Waals surface area contributed by atoms with Crippen molar-refractivity contribution in [2.24, 2.45) is 4.99 Å². The van der Waals surface area contributed by atoms with Crippen LogP contribution in [0.2, 0.25) is 0 Å². The second-order valence-corrected chi connectivity index (χ2v) is 2.41. The third kappa shape index (κ3) is 2.98. The Morgan fingerprint density at radius 2 is 2.55 bits per heavy atom. The summed E-state index contributed by atoms with van der Waals surface area (Å²) in [5.74, 6) is 0.402. The molecule has 11 heavy (non-hydrogen) atoms. The minimum atomic E-state index is -0.270. The minimum Gasteiger partial charge on any atom is -0.430 e. The van der Waals surface area contributed by atoms with Crippen LogP contribution >= 0.6 is 0 Å². The highest BCUT2D eigenvalue weighted by Gasteiger charge is 2.02. The van der Waals surface area contributed by atoms with Gasteiger partial charge < -0.3 is 4.74 Å². The van der Waals surface area contributed by atoms with Gasteiger partial charge in [0.05, 0.1) is 6.20 Å². The first-order valence-corrected chi connectivity index (χ1v) is 3.68. The molecule has 0 spiro atoms. The van der Waals surface area contributed by atoms with Crippen molar-refractivity contribution in [2.45, 2.75) is 26.2 Å². The quantitative estimate of drug-likeness (QED) is 0.537. The zero-order valence-electron chi connectivity index (χ0n) is 6.54. The van der Waals surface area contributed by atoms with E-state index in [1.54, 1.807) is 6.20 Å². The molecule has 1 aliphatic rings. The van der Waals surface area contributed by atoms with Crippen molar-refractivity contribution in [2.75, 3.05) is 0 Å². The Hall–Kier alpha value is -1.12. The molecule has 0 aromatic rings. The van der Waals surface area contributed by atoms with Gasteiger partial charge in [0, 0.05) is 19.6 Å². The molecule has 3 heteroatoms. The van der Waals surface area contributed by atoms with E-state index in [9.17, 15) is 4.79 Å². The summed E-state index contributed by atoms with van der Waals surface area (Å²) < 4.78 is 4.88. The second kappa shape index (κ2) is 3.91. The van der Waals surface area contributed by atoms with Crippen LogP contribution in [0.25, 0.3) is 0 Å². The third-order valence-electron chi connectivity index (χ3n) is 1.36. The number of hydrogen-bond donors (Lipinski definition) is 0. The van der Waals surface area contributed by atoms with Gasteiger partial charge in [0.25, 0.3) is 0 Å². The van der Waals surface area contributed by atoms with Crippen molar-refractivity contribution < 1.29 is 9.53 Å². The predicted octanol–water partition coefficient (Wildman–Crippen LogP) is 1.65. The lowest BCUT2D eigenvalue weighted by Gasteiger charge is -2.01. The Kier molecular flexibility index (Phi) is 2.83. The van der Waals surface area contributed by atoms with E-state index in [4.69, 9.17) is 4.74 Å². The van der Waals surface area contributed by atoms with Crippen molar-refractivity contribution in [1.29, 1.82) is 0 Å². The molecule has 0 aromatic carbocycles. The Labute approximate surface area is 65.8 Å². The standard InChI is InChI=1S/C8H11NO2/c1-7(10)11-8-4-2-3-5-9-6-8/h5-6H,2-4H2,1H3. The van der Waals surface area contributed by atoms with Gasteiger partial charge >= 0.3 is 5.97 Å². The van der Waals surface area contributed by atoms with Crippen LogP contribution in [0.5, 0.6) is 0 Å². The maximum atomic E-state index is 10.5. The van der Waals surface area contributed by atoms with Gasteiger partial charge in [-0.05, 0) is 12.8 Å². The highest BCUT2D eigenvalue weighted by Crippen LogP contribution is 2.11. The SMILES string of the molecule is CC(=O)OC1=CN=CCCC1. The first-order chi connectivity index (χ1) is 5.29. The molecule has 1 rings (SSSR count). The molecule has 0 saturated carbocycles. The number of ether oxygens (including phenoxy) is 1. The van der Waals surface area contributed by atoms with Gasteiger partial charge in [-0.2, -0.15) is 0 Å². The number of nitrogens with zero attached hydrogens (tertiary/aromatic N) is 1. The largest absolute Gasteiger partial charge is 0.430 e. The highest BCUT2D eigenvalue weighted by atomic mass is 16.5. The molecule has 0 aliphatic carbocycles. The summed E-state index contributed by atoms with van der Waals surface area (Å²) in [4.78, 5) is 14.5. The summed E-state index contributed by atoms with van der Waals surface area (Å²) >= 11 is 0. The van der Waals surface area contributed by atoms with Crippen LogP contribution in [0.4, 0.5) is 0 Å². The van der Waals surface area contributed by atoms with E-state index in [2.05, 4.69) is 4.99 Å². The molecule has 60 valence electrons. The molecule has 0 saturated heterocycles. The lowest BCUT2D eigenvalue weighted by Crippen LogP contribution is -1.97. The molecule has 1 heterocycles. The molecule has 0 amide bonds. The molecular formula is C8H11NO2. The van der Waals surface area contributed by atoms with E-state index >= 15 is 0 Å². The van der Waals surface area contributed by atoms with Crippen molar-refractivity contribution in [3.8, 4) is 0 Å². The van der Waals surface area contributed by atoms with Crippen LogP contribution in [-0.4, -0.2) is 12.2 Å². The molecule has 0 fully saturated rings. The number of hydrogen-bond acceptors (Lipinski definition) is 3. The molecule has 1 aliphatic heterocycles. The van der Waals surface area contributed by atoms with Gasteiger partial charge in [-0.25, -0.2) is 0 Å². The zero-order valence-corrected chi connectivity index (χ0v) is 6.54. The summed E-state index contributed by atoms with van der Waals surface area (Å²) in [6.07, 6.45) is 6.20. The highest BCUT2D eigenvalue weighted by molar-refractivity contribution is 5.67. The molecule has 0 bridgehead atoms. The van der Waals surface area contributed by atoms with Crippen LogP contribution in [0.1, 0.15) is 26.2 Å². The van der Waals surface area contributed by atoms with Crippen LogP contribution < -0.4 is 0 Å². The Bertz CT molecular complexity index is 206. The molecule has 0 aromatic heterocycles. The summed E-state index contributed by atoms with van der Waals surface area (Å²) in [7, 11) is 0.